The summed E-state index contributed by atoms with van der Waals surface area (Å²) in [6, 6.07) is 9.86. The van der Waals surface area contributed by atoms with Crippen LogP contribution in [0.3, 0.4) is 0 Å². The highest BCUT2D eigenvalue weighted by atomic mass is 32.2. The quantitative estimate of drug-likeness (QED) is 0.841. The van der Waals surface area contributed by atoms with Crippen LogP contribution in [-0.4, -0.2) is 35.8 Å². The summed E-state index contributed by atoms with van der Waals surface area (Å²) in [5.74, 6) is 0. The molecule has 0 N–H and O–H groups in total. The fraction of sp³-hybridized carbons (Fsp3) is 0.421. The Morgan fingerprint density at radius 3 is 2.42 bits per heavy atom. The van der Waals surface area contributed by atoms with Gasteiger partial charge in [-0.1, -0.05) is 30.3 Å². The molecule has 2 aliphatic rings. The molecule has 128 valence electrons. The zero-order chi connectivity index (χ0) is 17.5. The first kappa shape index (κ1) is 17.0. The van der Waals surface area contributed by atoms with Crippen molar-refractivity contribution in [3.05, 3.63) is 53.2 Å². The minimum absolute atomic E-state index is 0.456. The van der Waals surface area contributed by atoms with Gasteiger partial charge in [0.1, 0.15) is 5.54 Å². The standard InChI is InChI=1S/C19H24N2O2S/c1-14(2)24(22,23)21-11-10-19(15(3)12-16(4)20-19)18(21)13-17-8-6-5-7-9-17/h5-9,12-14H,10-11H2,1-4H3/b18-13+/t19-/m1/s1. The molecule has 2 aliphatic heterocycles. The molecule has 0 aliphatic carbocycles. The van der Waals surface area contributed by atoms with Gasteiger partial charge in [0.15, 0.2) is 0 Å². The van der Waals surface area contributed by atoms with Gasteiger partial charge in [-0.3, -0.25) is 9.30 Å². The third-order valence-electron chi connectivity index (χ3n) is 4.82. The number of sulfonamides is 1. The number of nitrogens with zero attached hydrogens (tertiary/aromatic N) is 2. The van der Waals surface area contributed by atoms with Gasteiger partial charge >= 0.3 is 0 Å². The molecule has 0 radical (unpaired) electrons. The van der Waals surface area contributed by atoms with Gasteiger partial charge in [-0.25, -0.2) is 8.42 Å². The smallest absolute Gasteiger partial charge is 0.237 e. The Kier molecular flexibility index (Phi) is 4.16. The van der Waals surface area contributed by atoms with E-state index in [4.69, 9.17) is 4.99 Å². The van der Waals surface area contributed by atoms with E-state index in [2.05, 4.69) is 6.08 Å². The van der Waals surface area contributed by atoms with Gasteiger partial charge in [0.05, 0.1) is 10.9 Å². The van der Waals surface area contributed by atoms with E-state index in [-0.39, 0.29) is 0 Å². The van der Waals surface area contributed by atoms with Gasteiger partial charge in [0.2, 0.25) is 10.0 Å². The molecule has 0 aromatic heterocycles. The van der Waals surface area contributed by atoms with Crippen molar-refractivity contribution in [3.63, 3.8) is 0 Å². The maximum Gasteiger partial charge on any atom is 0.237 e. The highest BCUT2D eigenvalue weighted by molar-refractivity contribution is 7.89. The molecule has 1 aromatic carbocycles. The molecule has 0 bridgehead atoms. The summed E-state index contributed by atoms with van der Waals surface area (Å²) in [5.41, 5.74) is 3.29. The molecule has 0 saturated carbocycles. The van der Waals surface area contributed by atoms with Crippen LogP contribution in [0.2, 0.25) is 0 Å². The Morgan fingerprint density at radius 1 is 1.21 bits per heavy atom. The van der Waals surface area contributed by atoms with Crippen molar-refractivity contribution >= 4 is 21.8 Å². The lowest BCUT2D eigenvalue weighted by atomic mass is 9.88. The number of hydrogen-bond acceptors (Lipinski definition) is 3. The summed E-state index contributed by atoms with van der Waals surface area (Å²) in [5, 5.41) is -0.456. The molecule has 0 amide bonds. The first-order chi connectivity index (χ1) is 11.3. The SMILES string of the molecule is CC1=CC(C)=N[C@]12CCN(S(=O)(=O)C(C)C)/C2=C/c1ccccc1. The maximum atomic E-state index is 12.9. The minimum atomic E-state index is -3.38. The van der Waals surface area contributed by atoms with E-state index in [1.807, 2.05) is 50.3 Å². The number of hydrogen-bond donors (Lipinski definition) is 0. The molecule has 3 rings (SSSR count). The lowest BCUT2D eigenvalue weighted by Gasteiger charge is -2.29. The number of aliphatic imine (C=N–C) groups is 1. The minimum Gasteiger partial charge on any atom is -0.273 e. The first-order valence-electron chi connectivity index (χ1n) is 8.31. The van der Waals surface area contributed by atoms with Gasteiger partial charge in [-0.2, -0.15) is 0 Å². The summed E-state index contributed by atoms with van der Waals surface area (Å²) >= 11 is 0. The molecule has 24 heavy (non-hydrogen) atoms. The normalized spacial score (nSPS) is 25.7. The predicted molar refractivity (Wildman–Crippen MR) is 99.4 cm³/mol. The van der Waals surface area contributed by atoms with Crippen molar-refractivity contribution in [1.29, 1.82) is 0 Å². The highest BCUT2D eigenvalue weighted by Crippen LogP contribution is 2.46. The highest BCUT2D eigenvalue weighted by Gasteiger charge is 2.50. The van der Waals surface area contributed by atoms with Gasteiger partial charge in [0.25, 0.3) is 0 Å². The van der Waals surface area contributed by atoms with Crippen molar-refractivity contribution in [2.75, 3.05) is 6.54 Å². The van der Waals surface area contributed by atoms with Crippen LogP contribution in [0.5, 0.6) is 0 Å². The van der Waals surface area contributed by atoms with Gasteiger partial charge in [-0.15, -0.1) is 0 Å². The van der Waals surface area contributed by atoms with E-state index in [1.165, 1.54) is 0 Å². The van der Waals surface area contributed by atoms with E-state index in [1.54, 1.807) is 18.2 Å². The van der Waals surface area contributed by atoms with Crippen LogP contribution in [0.4, 0.5) is 0 Å². The summed E-state index contributed by atoms with van der Waals surface area (Å²) in [7, 11) is -3.38. The second-order valence-electron chi connectivity index (χ2n) is 6.80. The zero-order valence-electron chi connectivity index (χ0n) is 14.7. The molecule has 0 unspecified atom stereocenters. The number of allylic oxidation sites excluding steroid dienone is 1. The Balaban J connectivity index is 2.18. The monoisotopic (exact) mass is 344 g/mol. The average Bonchev–Trinajstić information content (AvgIpc) is 3.02. The fourth-order valence-corrected chi connectivity index (χ4v) is 4.83. The molecule has 1 saturated heterocycles. The molecule has 1 atom stereocenters. The Hall–Kier alpha value is -1.88. The van der Waals surface area contributed by atoms with Crippen LogP contribution < -0.4 is 0 Å². The second kappa shape index (κ2) is 5.88. The van der Waals surface area contributed by atoms with Crippen molar-refractivity contribution in [1.82, 2.24) is 4.31 Å². The largest absolute Gasteiger partial charge is 0.273 e. The van der Waals surface area contributed by atoms with E-state index < -0.39 is 20.8 Å². The van der Waals surface area contributed by atoms with Crippen LogP contribution in [0, 0.1) is 0 Å². The summed E-state index contributed by atoms with van der Waals surface area (Å²) in [4.78, 5) is 4.85. The molecule has 1 spiro atoms. The lowest BCUT2D eigenvalue weighted by molar-refractivity contribution is 0.500. The van der Waals surface area contributed by atoms with Crippen LogP contribution in [0.15, 0.2) is 52.7 Å². The summed E-state index contributed by atoms with van der Waals surface area (Å²) in [6.45, 7) is 7.95. The molecule has 5 heteroatoms. The van der Waals surface area contributed by atoms with Crippen molar-refractivity contribution in [2.24, 2.45) is 4.99 Å². The lowest BCUT2D eigenvalue weighted by Crippen LogP contribution is -2.36. The topological polar surface area (TPSA) is 49.7 Å². The average molecular weight is 344 g/mol. The molecule has 2 heterocycles. The third kappa shape index (κ3) is 2.61. The van der Waals surface area contributed by atoms with E-state index in [0.29, 0.717) is 13.0 Å². The number of rotatable bonds is 3. The molecular weight excluding hydrogens is 320 g/mol. The van der Waals surface area contributed by atoms with E-state index >= 15 is 0 Å². The van der Waals surface area contributed by atoms with Crippen molar-refractivity contribution in [3.8, 4) is 0 Å². The Morgan fingerprint density at radius 2 is 1.88 bits per heavy atom. The fourth-order valence-electron chi connectivity index (χ4n) is 3.50. The van der Waals surface area contributed by atoms with Crippen LogP contribution in [0.25, 0.3) is 6.08 Å². The van der Waals surface area contributed by atoms with Gasteiger partial charge < -0.3 is 0 Å². The van der Waals surface area contributed by atoms with E-state index in [0.717, 1.165) is 22.5 Å². The predicted octanol–water partition coefficient (Wildman–Crippen LogP) is 3.63. The van der Waals surface area contributed by atoms with Crippen LogP contribution >= 0.6 is 0 Å². The van der Waals surface area contributed by atoms with Crippen LogP contribution in [-0.2, 0) is 10.0 Å². The van der Waals surface area contributed by atoms with Crippen molar-refractivity contribution < 1.29 is 8.42 Å². The molecular formula is C19H24N2O2S. The van der Waals surface area contributed by atoms with Crippen molar-refractivity contribution in [2.45, 2.75) is 44.9 Å². The number of benzene rings is 1. The summed E-state index contributed by atoms with van der Waals surface area (Å²) < 4.78 is 27.3. The Labute approximate surface area is 144 Å². The van der Waals surface area contributed by atoms with Gasteiger partial charge in [0, 0.05) is 18.7 Å². The maximum absolute atomic E-state index is 12.9. The van der Waals surface area contributed by atoms with E-state index in [9.17, 15) is 8.42 Å². The van der Waals surface area contributed by atoms with Gasteiger partial charge in [-0.05, 0) is 51.0 Å². The first-order valence-corrected chi connectivity index (χ1v) is 9.82. The van der Waals surface area contributed by atoms with Crippen LogP contribution in [0.1, 0.15) is 39.7 Å². The molecule has 1 aromatic rings. The third-order valence-corrected chi connectivity index (χ3v) is 7.01. The molecule has 1 fully saturated rings. The molecule has 4 nitrogen and oxygen atoms in total. The summed E-state index contributed by atoms with van der Waals surface area (Å²) in [6.07, 6.45) is 4.73. The zero-order valence-corrected chi connectivity index (χ0v) is 15.5. The second-order valence-corrected chi connectivity index (χ2v) is 9.21. The Bertz CT molecular complexity index is 835.